The minimum Gasteiger partial charge on any atom is -0.389 e. The fourth-order valence-corrected chi connectivity index (χ4v) is 7.02. The van der Waals surface area contributed by atoms with Crippen LogP contribution in [0.4, 0.5) is 0 Å². The van der Waals surface area contributed by atoms with Gasteiger partial charge in [0.2, 0.25) is 5.91 Å². The molecule has 2 aliphatic heterocycles. The van der Waals surface area contributed by atoms with Gasteiger partial charge >= 0.3 is 0 Å². The Bertz CT molecular complexity index is 957. The third kappa shape index (κ3) is 12.5. The Morgan fingerprint density at radius 3 is 1.64 bits per heavy atom. The van der Waals surface area contributed by atoms with E-state index in [-0.39, 0.29) is 25.4 Å². The molecule has 2 saturated heterocycles. The molecule has 294 valence electrons. The summed E-state index contributed by atoms with van der Waals surface area (Å²) < 4.78 is 23.1. The predicted molar refractivity (Wildman–Crippen MR) is 184 cm³/mol. The largest absolute Gasteiger partial charge is 0.389 e. The number of nitrogens with two attached hydrogens (primary N) is 4. The van der Waals surface area contributed by atoms with Gasteiger partial charge in [-0.25, -0.2) is 0 Å². The highest BCUT2D eigenvalue weighted by Crippen LogP contribution is 2.31. The number of aliphatic hydroxyl groups is 6. The molecule has 16 heteroatoms. The summed E-state index contributed by atoms with van der Waals surface area (Å²) in [6.45, 7) is 1.98. The molecule has 1 unspecified atom stereocenters. The fourth-order valence-electron chi connectivity index (χ4n) is 7.02. The Balaban J connectivity index is 1.43. The summed E-state index contributed by atoms with van der Waals surface area (Å²) in [5.41, 5.74) is 24.2. The van der Waals surface area contributed by atoms with Gasteiger partial charge in [-0.15, -0.1) is 0 Å². The number of hydrogen-bond donors (Lipinski definition) is 11. The first-order chi connectivity index (χ1) is 23.9. The summed E-state index contributed by atoms with van der Waals surface area (Å²) in [7, 11) is 0. The van der Waals surface area contributed by atoms with Crippen molar-refractivity contribution in [1.29, 1.82) is 0 Å². The van der Waals surface area contributed by atoms with Crippen LogP contribution >= 0.6 is 0 Å². The van der Waals surface area contributed by atoms with Crippen LogP contribution in [-0.4, -0.2) is 141 Å². The molecular formula is C34H67N5O11. The maximum atomic E-state index is 12.6. The smallest absolute Gasteiger partial charge is 0.220 e. The van der Waals surface area contributed by atoms with E-state index < -0.39 is 91.7 Å². The molecule has 15 N–H and O–H groups in total. The molecule has 1 amide bonds. The van der Waals surface area contributed by atoms with Crippen LogP contribution < -0.4 is 28.3 Å². The Hall–Kier alpha value is -1.09. The van der Waals surface area contributed by atoms with Crippen molar-refractivity contribution in [2.24, 2.45) is 22.9 Å². The normalized spacial score (nSPS) is 39.4. The summed E-state index contributed by atoms with van der Waals surface area (Å²) in [6.07, 6.45) is -0.437. The van der Waals surface area contributed by atoms with E-state index in [0.29, 0.717) is 6.42 Å². The molecular weight excluding hydrogens is 654 g/mol. The lowest BCUT2D eigenvalue weighted by Crippen LogP contribution is -2.68. The van der Waals surface area contributed by atoms with Crippen molar-refractivity contribution in [2.75, 3.05) is 13.1 Å². The molecule has 15 atom stereocenters. The highest BCUT2D eigenvalue weighted by atomic mass is 16.7. The highest BCUT2D eigenvalue weighted by molar-refractivity contribution is 5.75. The van der Waals surface area contributed by atoms with Crippen LogP contribution in [0.3, 0.4) is 0 Å². The summed E-state index contributed by atoms with van der Waals surface area (Å²) in [5, 5.41) is 66.3. The molecule has 16 nitrogen and oxygen atoms in total. The van der Waals surface area contributed by atoms with Gasteiger partial charge in [0.15, 0.2) is 12.6 Å². The molecule has 3 aliphatic rings. The molecule has 0 aromatic rings. The van der Waals surface area contributed by atoms with Crippen molar-refractivity contribution in [3.63, 3.8) is 0 Å². The van der Waals surface area contributed by atoms with Crippen LogP contribution in [0, 0.1) is 0 Å². The minimum atomic E-state index is -1.68. The molecule has 3 fully saturated rings. The van der Waals surface area contributed by atoms with Crippen molar-refractivity contribution >= 4 is 5.91 Å². The number of aliphatic hydroxyl groups excluding tert-OH is 6. The summed E-state index contributed by atoms with van der Waals surface area (Å²) in [5.74, 6) is -0.193. The zero-order valence-electron chi connectivity index (χ0n) is 29.7. The molecule has 0 spiro atoms. The molecule has 1 saturated carbocycles. The zero-order valence-corrected chi connectivity index (χ0v) is 29.7. The Morgan fingerprint density at radius 1 is 0.640 bits per heavy atom. The number of hydrogen-bond acceptors (Lipinski definition) is 15. The van der Waals surface area contributed by atoms with E-state index in [0.717, 1.165) is 25.7 Å². The lowest BCUT2D eigenvalue weighted by atomic mass is 9.84. The molecule has 1 aliphatic carbocycles. The van der Waals surface area contributed by atoms with Gasteiger partial charge in [0.05, 0.1) is 12.1 Å². The quantitative estimate of drug-likeness (QED) is 0.0590. The highest BCUT2D eigenvalue weighted by Gasteiger charge is 2.51. The van der Waals surface area contributed by atoms with E-state index in [1.54, 1.807) is 0 Å². The summed E-state index contributed by atoms with van der Waals surface area (Å²) in [4.78, 5) is 12.6. The standard InChI is InChI=1S/C34H67N5O11/c1-2-3-4-5-6-7-8-9-10-11-12-13-14-15-23(40)39-18-22-25(41)24(38)27(43)33(48-22)49-31-19(36)16-20(37)32(30(31)46)50-34-29(45)28(44)26(42)21(17-35)47-34/h19-22,24-34,41-46H,2-18,35-38H2,1H3,(H,39,40)/t19-,20+,21+,22+,24-,25+,26+,27+,28-,29+,30-,31+,32-,33+,34?/m0/s1. The van der Waals surface area contributed by atoms with Crippen LogP contribution in [0.2, 0.25) is 0 Å². The number of unbranched alkanes of at least 4 members (excludes halogenated alkanes) is 12. The van der Waals surface area contributed by atoms with E-state index in [4.69, 9.17) is 41.9 Å². The van der Waals surface area contributed by atoms with Gasteiger partial charge in [0.25, 0.3) is 0 Å². The van der Waals surface area contributed by atoms with Gasteiger partial charge in [0, 0.05) is 31.6 Å². The molecule has 0 aromatic heterocycles. The van der Waals surface area contributed by atoms with Crippen molar-refractivity contribution < 1.29 is 54.4 Å². The van der Waals surface area contributed by atoms with Crippen LogP contribution in [-0.2, 0) is 23.7 Å². The first kappa shape index (κ1) is 43.3. The monoisotopic (exact) mass is 721 g/mol. The topological polar surface area (TPSA) is 291 Å². The first-order valence-corrected chi connectivity index (χ1v) is 18.8. The predicted octanol–water partition coefficient (Wildman–Crippen LogP) is -1.69. The number of ether oxygens (including phenoxy) is 4. The van der Waals surface area contributed by atoms with Crippen molar-refractivity contribution in [3.05, 3.63) is 0 Å². The van der Waals surface area contributed by atoms with Crippen LogP contribution in [0.1, 0.15) is 103 Å². The van der Waals surface area contributed by atoms with Crippen molar-refractivity contribution in [1.82, 2.24) is 5.32 Å². The van der Waals surface area contributed by atoms with E-state index in [1.807, 2.05) is 0 Å². The molecule has 0 bridgehead atoms. The third-order valence-corrected chi connectivity index (χ3v) is 10.3. The molecule has 0 aromatic carbocycles. The fraction of sp³-hybridized carbons (Fsp3) is 0.971. The SMILES string of the molecule is CCCCCCCCCCCCCCCC(=O)NC[C@H]1O[C@H](O[C@H]2[C@H](O)[C@@H](OC3O[C@H](CN)[C@@H](O)[C@H](O)[C@H]3O)[C@H](N)C[C@@H]2N)[C@H](O)[C@@H](N)[C@@H]1O. The van der Waals surface area contributed by atoms with Crippen molar-refractivity contribution in [3.8, 4) is 0 Å². The Labute approximate surface area is 296 Å². The number of carbonyl (C=O) groups is 1. The average Bonchev–Trinajstić information content (AvgIpc) is 3.09. The van der Waals surface area contributed by atoms with Gasteiger partial charge in [-0.3, -0.25) is 4.79 Å². The van der Waals surface area contributed by atoms with E-state index in [2.05, 4.69) is 12.2 Å². The maximum Gasteiger partial charge on any atom is 0.220 e. The number of nitrogens with one attached hydrogen (secondary N) is 1. The lowest BCUT2D eigenvalue weighted by Gasteiger charge is -2.48. The second-order valence-corrected chi connectivity index (χ2v) is 14.4. The first-order valence-electron chi connectivity index (χ1n) is 18.8. The van der Waals surface area contributed by atoms with E-state index in [1.165, 1.54) is 57.8 Å². The molecule has 0 radical (unpaired) electrons. The minimum absolute atomic E-state index is 0.0802. The van der Waals surface area contributed by atoms with Crippen LogP contribution in [0.25, 0.3) is 0 Å². The van der Waals surface area contributed by atoms with Gasteiger partial charge in [-0.05, 0) is 12.8 Å². The van der Waals surface area contributed by atoms with Gasteiger partial charge < -0.3 is 77.8 Å². The van der Waals surface area contributed by atoms with E-state index >= 15 is 0 Å². The van der Waals surface area contributed by atoms with Crippen molar-refractivity contribution in [2.45, 2.75) is 195 Å². The van der Waals surface area contributed by atoms with Gasteiger partial charge in [-0.1, -0.05) is 84.0 Å². The number of amides is 1. The van der Waals surface area contributed by atoms with E-state index in [9.17, 15) is 35.4 Å². The molecule has 3 rings (SSSR count). The second kappa shape index (κ2) is 22.2. The lowest BCUT2D eigenvalue weighted by molar-refractivity contribution is -0.330. The number of carbonyl (C=O) groups excluding carboxylic acids is 1. The Kier molecular flexibility index (Phi) is 19.2. The van der Waals surface area contributed by atoms with Gasteiger partial charge in [0.1, 0.15) is 54.9 Å². The van der Waals surface area contributed by atoms with Crippen LogP contribution in [0.15, 0.2) is 0 Å². The molecule has 50 heavy (non-hydrogen) atoms. The van der Waals surface area contributed by atoms with Gasteiger partial charge in [-0.2, -0.15) is 0 Å². The Morgan fingerprint density at radius 2 is 1.12 bits per heavy atom. The average molecular weight is 722 g/mol. The summed E-state index contributed by atoms with van der Waals surface area (Å²) >= 11 is 0. The molecule has 2 heterocycles. The summed E-state index contributed by atoms with van der Waals surface area (Å²) in [6, 6.07) is -2.90. The van der Waals surface area contributed by atoms with Crippen LogP contribution in [0.5, 0.6) is 0 Å². The zero-order chi connectivity index (χ0) is 36.8. The number of rotatable bonds is 21. The second-order valence-electron chi connectivity index (χ2n) is 14.4. The third-order valence-electron chi connectivity index (χ3n) is 10.3. The maximum absolute atomic E-state index is 12.6.